The van der Waals surface area contributed by atoms with Crippen molar-refractivity contribution in [3.63, 3.8) is 0 Å². The first-order chi connectivity index (χ1) is 13.7. The van der Waals surface area contributed by atoms with E-state index in [-0.39, 0.29) is 23.5 Å². The molecule has 1 fully saturated rings. The zero-order valence-corrected chi connectivity index (χ0v) is 15.7. The monoisotopic (exact) mass is 421 g/mol. The third kappa shape index (κ3) is 3.98. The highest BCUT2D eigenvalue weighted by atomic mass is 35.5. The van der Waals surface area contributed by atoms with Gasteiger partial charge in [0.25, 0.3) is 5.56 Å². The van der Waals surface area contributed by atoms with Gasteiger partial charge in [-0.1, -0.05) is 29.8 Å². The first-order valence-corrected chi connectivity index (χ1v) is 9.29. The van der Waals surface area contributed by atoms with Gasteiger partial charge in [0.1, 0.15) is 5.82 Å². The van der Waals surface area contributed by atoms with Crippen LogP contribution < -0.4 is 11.0 Å². The number of nitrogens with one attached hydrogen (secondary N) is 1. The standard InChI is InChI=1S/C20H15ClF3N3O2/c21-13-8-4-11(5-9-13)10-16(28)26-27-18(12-6-7-12)25-17-14(19(27)29)2-1-3-15(17)20(22,23)24/h1-5,8-9,12H,6-7,10H2,(H,26,28). The fourth-order valence-corrected chi connectivity index (χ4v) is 3.26. The summed E-state index contributed by atoms with van der Waals surface area (Å²) in [5, 5.41) is 0.330. The van der Waals surface area contributed by atoms with Gasteiger partial charge in [-0.2, -0.15) is 13.2 Å². The second-order valence-electron chi connectivity index (χ2n) is 6.92. The maximum absolute atomic E-state index is 13.4. The van der Waals surface area contributed by atoms with E-state index in [1.807, 2.05) is 0 Å². The largest absolute Gasteiger partial charge is 0.418 e. The smallest absolute Gasteiger partial charge is 0.273 e. The summed E-state index contributed by atoms with van der Waals surface area (Å²) in [7, 11) is 0. The van der Waals surface area contributed by atoms with Crippen molar-refractivity contribution in [1.82, 2.24) is 9.66 Å². The number of rotatable bonds is 4. The molecular weight excluding hydrogens is 407 g/mol. The third-order valence-corrected chi connectivity index (χ3v) is 4.94. The van der Waals surface area contributed by atoms with Gasteiger partial charge in [-0.05, 0) is 42.7 Å². The molecule has 0 radical (unpaired) electrons. The molecule has 0 saturated heterocycles. The Hall–Kier alpha value is -2.87. The molecule has 1 amide bonds. The van der Waals surface area contributed by atoms with Gasteiger partial charge in [-0.15, -0.1) is 0 Å². The summed E-state index contributed by atoms with van der Waals surface area (Å²) in [6.07, 6.45) is -3.27. The molecule has 0 bridgehead atoms. The normalized spacial score (nSPS) is 14.2. The fraction of sp³-hybridized carbons (Fsp3) is 0.250. The minimum atomic E-state index is -4.64. The Morgan fingerprint density at radius 3 is 2.48 bits per heavy atom. The van der Waals surface area contributed by atoms with Crippen LogP contribution in [0.1, 0.15) is 35.7 Å². The summed E-state index contributed by atoms with van der Waals surface area (Å²) < 4.78 is 41.0. The van der Waals surface area contributed by atoms with Crippen LogP contribution in [0.2, 0.25) is 5.02 Å². The summed E-state index contributed by atoms with van der Waals surface area (Å²) in [5.74, 6) is -0.502. The van der Waals surface area contributed by atoms with Crippen molar-refractivity contribution in [2.45, 2.75) is 31.4 Å². The number of halogens is 4. The van der Waals surface area contributed by atoms with Gasteiger partial charge < -0.3 is 0 Å². The predicted molar refractivity (Wildman–Crippen MR) is 103 cm³/mol. The van der Waals surface area contributed by atoms with Gasteiger partial charge in [0.15, 0.2) is 0 Å². The molecule has 150 valence electrons. The van der Waals surface area contributed by atoms with E-state index in [0.29, 0.717) is 23.4 Å². The number of aromatic nitrogens is 2. The number of fused-ring (bicyclic) bond motifs is 1. The molecule has 5 nitrogen and oxygen atoms in total. The maximum atomic E-state index is 13.4. The van der Waals surface area contributed by atoms with Gasteiger partial charge in [0.2, 0.25) is 5.91 Å². The highest BCUT2D eigenvalue weighted by molar-refractivity contribution is 6.30. The maximum Gasteiger partial charge on any atom is 0.418 e. The molecule has 0 aliphatic heterocycles. The highest BCUT2D eigenvalue weighted by Gasteiger charge is 2.36. The predicted octanol–water partition coefficient (Wildman–Crippen LogP) is 4.26. The van der Waals surface area contributed by atoms with Crippen molar-refractivity contribution in [3.05, 3.63) is 74.8 Å². The number of carbonyl (C=O) groups excluding carboxylic acids is 1. The SMILES string of the molecule is O=C(Cc1ccc(Cl)cc1)Nn1c(C2CC2)nc2c(C(F)(F)F)cccc2c1=O. The van der Waals surface area contributed by atoms with Crippen molar-refractivity contribution in [2.75, 3.05) is 5.43 Å². The number of carbonyl (C=O) groups is 1. The average Bonchev–Trinajstić information content (AvgIpc) is 3.49. The molecule has 1 aliphatic rings. The molecule has 4 rings (SSSR count). The van der Waals surface area contributed by atoms with E-state index in [1.54, 1.807) is 24.3 Å². The van der Waals surface area contributed by atoms with Crippen LogP contribution in [-0.4, -0.2) is 15.6 Å². The van der Waals surface area contributed by atoms with Crippen LogP contribution >= 0.6 is 11.6 Å². The lowest BCUT2D eigenvalue weighted by atomic mass is 10.1. The number of para-hydroxylation sites is 1. The van der Waals surface area contributed by atoms with Crippen molar-refractivity contribution in [2.24, 2.45) is 0 Å². The number of hydrogen-bond donors (Lipinski definition) is 1. The van der Waals surface area contributed by atoms with Crippen LogP contribution in [0.3, 0.4) is 0 Å². The van der Waals surface area contributed by atoms with Crippen molar-refractivity contribution < 1.29 is 18.0 Å². The minimum absolute atomic E-state index is 0.0195. The number of amides is 1. The van der Waals surface area contributed by atoms with Crippen molar-refractivity contribution >= 4 is 28.4 Å². The average molecular weight is 422 g/mol. The van der Waals surface area contributed by atoms with E-state index in [2.05, 4.69) is 10.4 Å². The molecule has 0 spiro atoms. The van der Waals surface area contributed by atoms with Gasteiger partial charge in [0, 0.05) is 10.9 Å². The fourth-order valence-electron chi connectivity index (χ4n) is 3.13. The minimum Gasteiger partial charge on any atom is -0.273 e. The highest BCUT2D eigenvalue weighted by Crippen LogP contribution is 2.40. The summed E-state index contributed by atoms with van der Waals surface area (Å²) in [4.78, 5) is 29.5. The first kappa shape index (κ1) is 19.4. The lowest BCUT2D eigenvalue weighted by Crippen LogP contribution is -2.37. The molecule has 1 aromatic heterocycles. The molecule has 0 atom stereocenters. The van der Waals surface area contributed by atoms with Crippen LogP contribution in [0.5, 0.6) is 0 Å². The Morgan fingerprint density at radius 2 is 1.86 bits per heavy atom. The summed E-state index contributed by atoms with van der Waals surface area (Å²) in [6.45, 7) is 0. The van der Waals surface area contributed by atoms with Crippen molar-refractivity contribution in [1.29, 1.82) is 0 Å². The summed E-state index contributed by atoms with van der Waals surface area (Å²) in [5.41, 5.74) is 1.10. The molecular formula is C20H15ClF3N3O2. The molecule has 1 N–H and O–H groups in total. The Bertz CT molecular complexity index is 1150. The van der Waals surface area contributed by atoms with Gasteiger partial charge in [-0.25, -0.2) is 9.66 Å². The van der Waals surface area contributed by atoms with Crippen LogP contribution in [0, 0.1) is 0 Å². The molecule has 29 heavy (non-hydrogen) atoms. The van der Waals surface area contributed by atoms with E-state index in [4.69, 9.17) is 11.6 Å². The van der Waals surface area contributed by atoms with Crippen LogP contribution in [-0.2, 0) is 17.4 Å². The number of hydrogen-bond acceptors (Lipinski definition) is 3. The number of alkyl halides is 3. The number of benzene rings is 2. The Morgan fingerprint density at radius 1 is 1.17 bits per heavy atom. The lowest BCUT2D eigenvalue weighted by Gasteiger charge is -2.16. The lowest BCUT2D eigenvalue weighted by molar-refractivity contribution is -0.136. The van der Waals surface area contributed by atoms with Crippen LogP contribution in [0.4, 0.5) is 13.2 Å². The van der Waals surface area contributed by atoms with Crippen molar-refractivity contribution in [3.8, 4) is 0 Å². The molecule has 1 saturated carbocycles. The van der Waals surface area contributed by atoms with E-state index in [1.165, 1.54) is 6.07 Å². The molecule has 0 unspecified atom stereocenters. The summed E-state index contributed by atoms with van der Waals surface area (Å²) >= 11 is 5.83. The molecule has 9 heteroatoms. The molecule has 3 aromatic rings. The Labute approximate surface area is 168 Å². The topological polar surface area (TPSA) is 64.0 Å². The third-order valence-electron chi connectivity index (χ3n) is 4.69. The Kier molecular flexibility index (Phi) is 4.82. The molecule has 1 heterocycles. The van der Waals surface area contributed by atoms with Gasteiger partial charge in [-0.3, -0.25) is 15.0 Å². The van der Waals surface area contributed by atoms with E-state index < -0.39 is 28.7 Å². The Balaban J connectivity index is 1.75. The van der Waals surface area contributed by atoms with Gasteiger partial charge >= 0.3 is 6.18 Å². The quantitative estimate of drug-likeness (QED) is 0.684. The van der Waals surface area contributed by atoms with E-state index in [9.17, 15) is 22.8 Å². The summed E-state index contributed by atoms with van der Waals surface area (Å²) in [6, 6.07) is 9.98. The zero-order chi connectivity index (χ0) is 20.8. The molecule has 2 aromatic carbocycles. The zero-order valence-electron chi connectivity index (χ0n) is 15.0. The van der Waals surface area contributed by atoms with Crippen LogP contribution in [0.25, 0.3) is 10.9 Å². The first-order valence-electron chi connectivity index (χ1n) is 8.91. The number of nitrogens with zero attached hydrogens (tertiary/aromatic N) is 2. The van der Waals surface area contributed by atoms with E-state index >= 15 is 0 Å². The van der Waals surface area contributed by atoms with E-state index in [0.717, 1.165) is 16.8 Å². The van der Waals surface area contributed by atoms with Crippen LogP contribution in [0.15, 0.2) is 47.3 Å². The second kappa shape index (κ2) is 7.18. The second-order valence-corrected chi connectivity index (χ2v) is 7.36. The molecule has 1 aliphatic carbocycles. The van der Waals surface area contributed by atoms with Gasteiger partial charge in [0.05, 0.1) is 22.9 Å².